The highest BCUT2D eigenvalue weighted by Gasteiger charge is 2.29. The van der Waals surface area contributed by atoms with Crippen LogP contribution >= 0.6 is 11.3 Å². The summed E-state index contributed by atoms with van der Waals surface area (Å²) in [4.78, 5) is 7.47. The first-order valence-corrected chi connectivity index (χ1v) is 12.4. The number of nitrogens with zero attached hydrogens (tertiary/aromatic N) is 2. The third kappa shape index (κ3) is 4.02. The quantitative estimate of drug-likeness (QED) is 0.353. The van der Waals surface area contributed by atoms with Crippen molar-refractivity contribution in [2.75, 3.05) is 25.0 Å². The van der Waals surface area contributed by atoms with Crippen molar-refractivity contribution in [3.8, 4) is 5.75 Å². The molecule has 0 saturated carbocycles. The largest absolute Gasteiger partial charge is 0.508 e. The molecule has 0 amide bonds. The second-order valence-electron chi connectivity index (χ2n) is 8.83. The SMILES string of the molecule is Oc1ccc(CCC2CN(C3=Nc4ccc(F)cc4Nc4sc5ccccc5c43)CCN2)cc1. The molecule has 172 valence electrons. The number of fused-ring (bicyclic) bond motifs is 4. The molecule has 2 aliphatic rings. The minimum atomic E-state index is -0.274. The Morgan fingerprint density at radius 1 is 1.09 bits per heavy atom. The van der Waals surface area contributed by atoms with E-state index in [-0.39, 0.29) is 5.82 Å². The first-order chi connectivity index (χ1) is 16.6. The summed E-state index contributed by atoms with van der Waals surface area (Å²) in [6.45, 7) is 2.58. The van der Waals surface area contributed by atoms with Crippen LogP contribution in [-0.2, 0) is 6.42 Å². The van der Waals surface area contributed by atoms with E-state index >= 15 is 0 Å². The lowest BCUT2D eigenvalue weighted by Gasteiger charge is -2.36. The summed E-state index contributed by atoms with van der Waals surface area (Å²) in [6, 6.07) is 20.9. The van der Waals surface area contributed by atoms with E-state index in [1.54, 1.807) is 29.5 Å². The van der Waals surface area contributed by atoms with E-state index in [1.165, 1.54) is 27.8 Å². The summed E-state index contributed by atoms with van der Waals surface area (Å²) >= 11 is 1.68. The number of hydrogen-bond acceptors (Lipinski definition) is 6. The van der Waals surface area contributed by atoms with Gasteiger partial charge >= 0.3 is 0 Å². The fourth-order valence-corrected chi connectivity index (χ4v) is 5.91. The zero-order valence-corrected chi connectivity index (χ0v) is 19.4. The lowest BCUT2D eigenvalue weighted by atomic mass is 10.0. The first kappa shape index (κ1) is 21.1. The Hall–Kier alpha value is -3.42. The lowest BCUT2D eigenvalue weighted by molar-refractivity contribution is 0.282. The van der Waals surface area contributed by atoms with Gasteiger partial charge in [-0.15, -0.1) is 11.3 Å². The maximum absolute atomic E-state index is 14.0. The molecule has 3 aromatic carbocycles. The second-order valence-corrected chi connectivity index (χ2v) is 9.88. The van der Waals surface area contributed by atoms with Crippen LogP contribution in [0.5, 0.6) is 5.75 Å². The number of aromatic hydroxyl groups is 1. The summed E-state index contributed by atoms with van der Waals surface area (Å²) in [7, 11) is 0. The van der Waals surface area contributed by atoms with Gasteiger partial charge < -0.3 is 20.6 Å². The van der Waals surface area contributed by atoms with E-state index in [0.717, 1.165) is 54.6 Å². The van der Waals surface area contributed by atoms with E-state index < -0.39 is 0 Å². The number of nitrogens with one attached hydrogen (secondary N) is 2. The van der Waals surface area contributed by atoms with E-state index in [0.29, 0.717) is 17.5 Å². The summed E-state index contributed by atoms with van der Waals surface area (Å²) in [5, 5.41) is 18.8. The number of thiophene rings is 1. The van der Waals surface area contributed by atoms with Crippen LogP contribution in [0, 0.1) is 5.82 Å². The van der Waals surface area contributed by atoms with Crippen molar-refractivity contribution in [2.24, 2.45) is 4.99 Å². The third-order valence-electron chi connectivity index (χ3n) is 6.53. The van der Waals surface area contributed by atoms with Gasteiger partial charge in [0.05, 0.1) is 16.9 Å². The third-order valence-corrected chi connectivity index (χ3v) is 7.61. The average molecular weight is 473 g/mol. The maximum atomic E-state index is 14.0. The van der Waals surface area contributed by atoms with Crippen molar-refractivity contribution >= 4 is 43.6 Å². The molecular formula is C27H25FN4OS. The summed E-state index contributed by atoms with van der Waals surface area (Å²) in [5.41, 5.74) is 3.76. The van der Waals surface area contributed by atoms with Gasteiger partial charge in [-0.3, -0.25) is 0 Å². The minimum absolute atomic E-state index is 0.274. The number of aryl methyl sites for hydroxylation is 1. The van der Waals surface area contributed by atoms with E-state index in [2.05, 4.69) is 33.7 Å². The molecule has 6 rings (SSSR count). The Morgan fingerprint density at radius 2 is 1.94 bits per heavy atom. The topological polar surface area (TPSA) is 59.9 Å². The number of benzene rings is 3. The molecule has 1 fully saturated rings. The Balaban J connectivity index is 1.34. The lowest BCUT2D eigenvalue weighted by Crippen LogP contribution is -2.52. The Bertz CT molecular complexity index is 1380. The normalized spacial score (nSPS) is 17.5. The molecule has 0 bridgehead atoms. The van der Waals surface area contributed by atoms with Crippen molar-refractivity contribution in [1.82, 2.24) is 10.2 Å². The molecule has 1 atom stereocenters. The zero-order chi connectivity index (χ0) is 23.1. The molecule has 3 N–H and O–H groups in total. The smallest absolute Gasteiger partial charge is 0.140 e. The number of piperazine rings is 1. The molecule has 0 aliphatic carbocycles. The zero-order valence-electron chi connectivity index (χ0n) is 18.6. The van der Waals surface area contributed by atoms with Gasteiger partial charge in [0, 0.05) is 35.8 Å². The number of rotatable bonds is 3. The molecule has 2 aliphatic heterocycles. The molecule has 0 spiro atoms. The van der Waals surface area contributed by atoms with Gasteiger partial charge in [0.1, 0.15) is 22.4 Å². The summed E-state index contributed by atoms with van der Waals surface area (Å²) in [6.07, 6.45) is 1.93. The van der Waals surface area contributed by atoms with Crippen molar-refractivity contribution < 1.29 is 9.50 Å². The number of phenols is 1. The van der Waals surface area contributed by atoms with E-state index in [4.69, 9.17) is 4.99 Å². The van der Waals surface area contributed by atoms with Crippen LogP contribution in [0.15, 0.2) is 71.7 Å². The van der Waals surface area contributed by atoms with Crippen molar-refractivity contribution in [2.45, 2.75) is 18.9 Å². The maximum Gasteiger partial charge on any atom is 0.140 e. The number of amidine groups is 1. The Labute approximate surface area is 201 Å². The van der Waals surface area contributed by atoms with Gasteiger partial charge in [-0.1, -0.05) is 30.3 Å². The standard InChI is InChI=1S/C27H25FN4OS/c28-18-8-12-22-23(15-18)31-27-25(21-3-1-2-4-24(21)34-27)26(30-22)32-14-13-29-19(16-32)9-5-17-6-10-20(33)11-7-17/h1-4,6-8,10-12,15,19,29,31,33H,5,9,13-14,16H2. The highest BCUT2D eigenvalue weighted by molar-refractivity contribution is 7.23. The highest BCUT2D eigenvalue weighted by Crippen LogP contribution is 2.43. The highest BCUT2D eigenvalue weighted by atomic mass is 32.1. The van der Waals surface area contributed by atoms with Crippen LogP contribution in [0.2, 0.25) is 0 Å². The van der Waals surface area contributed by atoms with Crippen LogP contribution in [0.3, 0.4) is 0 Å². The van der Waals surface area contributed by atoms with E-state index in [1.807, 2.05) is 18.2 Å². The van der Waals surface area contributed by atoms with Crippen molar-refractivity contribution in [3.63, 3.8) is 0 Å². The van der Waals surface area contributed by atoms with Gasteiger partial charge in [0.2, 0.25) is 0 Å². The van der Waals surface area contributed by atoms with Crippen molar-refractivity contribution in [3.05, 3.63) is 83.7 Å². The molecule has 1 aromatic heterocycles. The van der Waals surface area contributed by atoms with E-state index in [9.17, 15) is 9.50 Å². The molecule has 1 saturated heterocycles. The van der Waals surface area contributed by atoms with Crippen LogP contribution in [0.4, 0.5) is 20.8 Å². The Morgan fingerprint density at radius 3 is 2.82 bits per heavy atom. The Kier molecular flexibility index (Phi) is 5.43. The predicted molar refractivity (Wildman–Crippen MR) is 137 cm³/mol. The van der Waals surface area contributed by atoms with Gasteiger partial charge in [0.25, 0.3) is 0 Å². The van der Waals surface area contributed by atoms with Gasteiger partial charge in [0.15, 0.2) is 0 Å². The molecule has 4 aromatic rings. The summed E-state index contributed by atoms with van der Waals surface area (Å²) < 4.78 is 15.2. The van der Waals surface area contributed by atoms with Crippen LogP contribution < -0.4 is 10.6 Å². The molecule has 5 nitrogen and oxygen atoms in total. The van der Waals surface area contributed by atoms with Crippen LogP contribution in [-0.4, -0.2) is 41.5 Å². The van der Waals surface area contributed by atoms with Gasteiger partial charge in [-0.2, -0.15) is 0 Å². The number of hydrogen-bond donors (Lipinski definition) is 3. The fourth-order valence-electron chi connectivity index (χ4n) is 4.80. The minimum Gasteiger partial charge on any atom is -0.508 e. The van der Waals surface area contributed by atoms with Crippen LogP contribution in [0.25, 0.3) is 10.1 Å². The van der Waals surface area contributed by atoms with Gasteiger partial charge in [-0.25, -0.2) is 9.38 Å². The average Bonchev–Trinajstić information content (AvgIpc) is 3.13. The number of aliphatic imine (C=N–C) groups is 1. The molecule has 1 unspecified atom stereocenters. The van der Waals surface area contributed by atoms with Crippen LogP contribution in [0.1, 0.15) is 17.5 Å². The molecule has 0 radical (unpaired) electrons. The molecule has 7 heteroatoms. The molecule has 3 heterocycles. The number of halogens is 1. The van der Waals surface area contributed by atoms with Gasteiger partial charge in [-0.05, 0) is 54.8 Å². The second kappa shape index (κ2) is 8.74. The molecule has 34 heavy (non-hydrogen) atoms. The first-order valence-electron chi connectivity index (χ1n) is 11.6. The predicted octanol–water partition coefficient (Wildman–Crippen LogP) is 5.79. The fraction of sp³-hybridized carbons (Fsp3) is 0.222. The van der Waals surface area contributed by atoms with Crippen molar-refractivity contribution in [1.29, 1.82) is 0 Å². The molecular weight excluding hydrogens is 447 g/mol. The number of anilines is 2. The number of phenolic OH excluding ortho intramolecular Hbond substituents is 1. The summed E-state index contributed by atoms with van der Waals surface area (Å²) in [5.74, 6) is 0.968. The monoisotopic (exact) mass is 472 g/mol.